The zero-order valence-electron chi connectivity index (χ0n) is 16.2. The van der Waals surface area contributed by atoms with E-state index in [4.69, 9.17) is 4.74 Å². The number of hydrogen-bond acceptors (Lipinski definition) is 5. The van der Waals surface area contributed by atoms with Crippen molar-refractivity contribution in [2.45, 2.75) is 39.2 Å². The molecule has 0 spiro atoms. The van der Waals surface area contributed by atoms with Gasteiger partial charge in [0.05, 0.1) is 5.56 Å². The molecule has 6 heteroatoms. The molecule has 1 aromatic carbocycles. The van der Waals surface area contributed by atoms with E-state index in [1.807, 2.05) is 19.9 Å². The van der Waals surface area contributed by atoms with E-state index >= 15 is 0 Å². The number of esters is 1. The maximum Gasteiger partial charge on any atom is 0.329 e. The first-order chi connectivity index (χ1) is 13.5. The van der Waals surface area contributed by atoms with E-state index in [2.05, 4.69) is 4.98 Å². The Kier molecular flexibility index (Phi) is 6.19. The molecule has 2 heterocycles. The lowest BCUT2D eigenvalue weighted by molar-refractivity contribution is -0.149. The van der Waals surface area contributed by atoms with Crippen molar-refractivity contribution in [2.75, 3.05) is 13.2 Å². The highest BCUT2D eigenvalue weighted by Crippen LogP contribution is 2.21. The molecule has 3 rings (SSSR count). The summed E-state index contributed by atoms with van der Waals surface area (Å²) in [5.41, 5.74) is 3.06. The lowest BCUT2D eigenvalue weighted by atomic mass is 10.0. The number of benzene rings is 1. The van der Waals surface area contributed by atoms with Crippen LogP contribution in [0.3, 0.4) is 0 Å². The van der Waals surface area contributed by atoms with Crippen LogP contribution in [0.1, 0.15) is 51.1 Å². The molecule has 0 aliphatic carbocycles. The van der Waals surface area contributed by atoms with Gasteiger partial charge in [-0.25, -0.2) is 4.79 Å². The third-order valence-corrected chi connectivity index (χ3v) is 5.12. The third-order valence-electron chi connectivity index (χ3n) is 5.12. The minimum absolute atomic E-state index is 0.241. The average molecular weight is 380 g/mol. The van der Waals surface area contributed by atoms with Crippen molar-refractivity contribution in [3.05, 3.63) is 65.0 Å². The van der Waals surface area contributed by atoms with Gasteiger partial charge in [-0.2, -0.15) is 0 Å². The second-order valence-corrected chi connectivity index (χ2v) is 7.08. The summed E-state index contributed by atoms with van der Waals surface area (Å²) in [6, 6.07) is 8.10. The first-order valence-electron chi connectivity index (χ1n) is 9.45. The number of Topliss-reactive ketones (excluding diaryl/α,β-unsaturated/α-hetero) is 1. The van der Waals surface area contributed by atoms with E-state index in [-0.39, 0.29) is 18.3 Å². The number of aryl methyl sites for hydroxylation is 2. The Morgan fingerprint density at radius 3 is 2.64 bits per heavy atom. The number of ether oxygens (including phenoxy) is 1. The molecular weight excluding hydrogens is 356 g/mol. The maximum atomic E-state index is 12.8. The van der Waals surface area contributed by atoms with Gasteiger partial charge in [-0.05, 0) is 62.4 Å². The van der Waals surface area contributed by atoms with E-state index in [1.165, 1.54) is 11.1 Å². The molecule has 1 amide bonds. The molecular formula is C22H24N2O4. The summed E-state index contributed by atoms with van der Waals surface area (Å²) in [7, 11) is 0. The van der Waals surface area contributed by atoms with Crippen LogP contribution in [0.25, 0.3) is 0 Å². The SMILES string of the molecule is Cc1ccc(C(=O)COC(=O)[C@@H]2CCCCN2C(=O)c2cccnc2)cc1C. The Hall–Kier alpha value is -3.02. The molecule has 0 radical (unpaired) electrons. The van der Waals surface area contributed by atoms with Gasteiger partial charge >= 0.3 is 5.97 Å². The van der Waals surface area contributed by atoms with Crippen molar-refractivity contribution in [3.8, 4) is 0 Å². The number of ketones is 1. The average Bonchev–Trinajstić information content (AvgIpc) is 2.73. The Labute approximate surface area is 164 Å². The molecule has 0 unspecified atom stereocenters. The minimum atomic E-state index is -0.672. The zero-order chi connectivity index (χ0) is 20.1. The van der Waals surface area contributed by atoms with E-state index in [1.54, 1.807) is 30.5 Å². The van der Waals surface area contributed by atoms with Crippen LogP contribution in [0.4, 0.5) is 0 Å². The fourth-order valence-corrected chi connectivity index (χ4v) is 3.31. The molecule has 0 saturated carbocycles. The second kappa shape index (κ2) is 8.78. The van der Waals surface area contributed by atoms with Gasteiger partial charge in [-0.3, -0.25) is 14.6 Å². The topological polar surface area (TPSA) is 76.6 Å². The van der Waals surface area contributed by atoms with Crippen LogP contribution in [0.15, 0.2) is 42.7 Å². The van der Waals surface area contributed by atoms with Gasteiger partial charge in [0.25, 0.3) is 5.91 Å². The molecule has 6 nitrogen and oxygen atoms in total. The summed E-state index contributed by atoms with van der Waals surface area (Å²) in [6.07, 6.45) is 5.28. The fraction of sp³-hybridized carbons (Fsp3) is 0.364. The van der Waals surface area contributed by atoms with Crippen molar-refractivity contribution in [2.24, 2.45) is 0 Å². The van der Waals surface area contributed by atoms with Crippen LogP contribution in [0.2, 0.25) is 0 Å². The molecule has 1 saturated heterocycles. The summed E-state index contributed by atoms with van der Waals surface area (Å²) < 4.78 is 5.29. The fourth-order valence-electron chi connectivity index (χ4n) is 3.31. The quantitative estimate of drug-likeness (QED) is 0.588. The van der Waals surface area contributed by atoms with Crippen LogP contribution in [-0.2, 0) is 9.53 Å². The highest BCUT2D eigenvalue weighted by atomic mass is 16.5. The van der Waals surface area contributed by atoms with Gasteiger partial charge in [0.2, 0.25) is 0 Å². The summed E-state index contributed by atoms with van der Waals surface area (Å²) in [4.78, 5) is 43.2. The van der Waals surface area contributed by atoms with Crippen LogP contribution in [0.5, 0.6) is 0 Å². The Bertz CT molecular complexity index is 879. The number of pyridine rings is 1. The van der Waals surface area contributed by atoms with Crippen molar-refractivity contribution < 1.29 is 19.1 Å². The normalized spacial score (nSPS) is 16.5. The monoisotopic (exact) mass is 380 g/mol. The number of likely N-dealkylation sites (tertiary alicyclic amines) is 1. The number of piperidine rings is 1. The summed E-state index contributed by atoms with van der Waals surface area (Å²) >= 11 is 0. The van der Waals surface area contributed by atoms with E-state index < -0.39 is 12.0 Å². The third kappa shape index (κ3) is 4.44. The Morgan fingerprint density at radius 1 is 1.11 bits per heavy atom. The van der Waals surface area contributed by atoms with Crippen LogP contribution in [0, 0.1) is 13.8 Å². The van der Waals surface area contributed by atoms with E-state index in [0.717, 1.165) is 24.0 Å². The van der Waals surface area contributed by atoms with Gasteiger partial charge < -0.3 is 9.64 Å². The molecule has 1 atom stereocenters. The summed E-state index contributed by atoms with van der Waals surface area (Å²) in [6.45, 7) is 4.06. The molecule has 0 N–H and O–H groups in total. The number of aromatic nitrogens is 1. The number of hydrogen-bond donors (Lipinski definition) is 0. The number of carbonyl (C=O) groups is 3. The Balaban J connectivity index is 1.65. The van der Waals surface area contributed by atoms with E-state index in [0.29, 0.717) is 24.1 Å². The molecule has 28 heavy (non-hydrogen) atoms. The minimum Gasteiger partial charge on any atom is -0.456 e. The predicted molar refractivity (Wildman–Crippen MR) is 104 cm³/mol. The molecule has 146 valence electrons. The Morgan fingerprint density at radius 2 is 1.93 bits per heavy atom. The summed E-state index contributed by atoms with van der Waals surface area (Å²) in [5, 5.41) is 0. The molecule has 1 aliphatic heterocycles. The van der Waals surface area contributed by atoms with Crippen molar-refractivity contribution in [1.29, 1.82) is 0 Å². The lowest BCUT2D eigenvalue weighted by Gasteiger charge is -2.34. The smallest absolute Gasteiger partial charge is 0.329 e. The number of carbonyl (C=O) groups excluding carboxylic acids is 3. The zero-order valence-corrected chi connectivity index (χ0v) is 16.2. The first kappa shape index (κ1) is 19.7. The standard InChI is InChI=1S/C22H24N2O4/c1-15-8-9-17(12-16(15)2)20(25)14-28-22(27)19-7-3-4-11-24(19)21(26)18-6-5-10-23-13-18/h5-6,8-10,12-13,19H,3-4,7,11,14H2,1-2H3/t19-/m0/s1. The van der Waals surface area contributed by atoms with Gasteiger partial charge in [-0.15, -0.1) is 0 Å². The van der Waals surface area contributed by atoms with Crippen molar-refractivity contribution in [1.82, 2.24) is 9.88 Å². The lowest BCUT2D eigenvalue weighted by Crippen LogP contribution is -2.49. The highest BCUT2D eigenvalue weighted by molar-refractivity contribution is 5.99. The predicted octanol–water partition coefficient (Wildman–Crippen LogP) is 3.12. The summed E-state index contributed by atoms with van der Waals surface area (Å²) in [5.74, 6) is -1.03. The molecule has 2 aromatic rings. The van der Waals surface area contributed by atoms with Crippen LogP contribution >= 0.6 is 0 Å². The van der Waals surface area contributed by atoms with E-state index in [9.17, 15) is 14.4 Å². The number of amides is 1. The highest BCUT2D eigenvalue weighted by Gasteiger charge is 2.34. The largest absolute Gasteiger partial charge is 0.456 e. The van der Waals surface area contributed by atoms with Gasteiger partial charge in [0.15, 0.2) is 12.4 Å². The first-order valence-corrected chi connectivity index (χ1v) is 9.45. The van der Waals surface area contributed by atoms with Crippen LogP contribution < -0.4 is 0 Å². The molecule has 0 bridgehead atoms. The molecule has 1 aromatic heterocycles. The number of nitrogens with zero attached hydrogens (tertiary/aromatic N) is 2. The number of rotatable bonds is 5. The van der Waals surface area contributed by atoms with Crippen LogP contribution in [-0.4, -0.2) is 46.7 Å². The second-order valence-electron chi connectivity index (χ2n) is 7.08. The van der Waals surface area contributed by atoms with Gasteiger partial charge in [0.1, 0.15) is 6.04 Å². The van der Waals surface area contributed by atoms with Gasteiger partial charge in [0, 0.05) is 24.5 Å². The van der Waals surface area contributed by atoms with Crippen molar-refractivity contribution >= 4 is 17.7 Å². The maximum absolute atomic E-state index is 12.8. The van der Waals surface area contributed by atoms with Gasteiger partial charge in [-0.1, -0.05) is 12.1 Å². The molecule has 1 aliphatic rings. The molecule has 1 fully saturated rings. The van der Waals surface area contributed by atoms with Crippen molar-refractivity contribution in [3.63, 3.8) is 0 Å².